The van der Waals surface area contributed by atoms with Gasteiger partial charge in [-0.3, -0.25) is 4.21 Å². The van der Waals surface area contributed by atoms with Gasteiger partial charge in [0.05, 0.1) is 11.5 Å². The normalized spacial score (nSPS) is 19.6. The first kappa shape index (κ1) is 13.2. The summed E-state index contributed by atoms with van der Waals surface area (Å²) in [5, 5.41) is 10.7. The van der Waals surface area contributed by atoms with Crippen LogP contribution in [0, 0.1) is 0 Å². The lowest BCUT2D eigenvalue weighted by Crippen LogP contribution is -2.41. The highest BCUT2D eigenvalue weighted by Crippen LogP contribution is 2.25. The number of aliphatic hydroxyl groups excluding tert-OH is 1. The second kappa shape index (κ2) is 5.15. The summed E-state index contributed by atoms with van der Waals surface area (Å²) in [6, 6.07) is 1.51. The number of hydrogen-bond donors (Lipinski definition) is 1. The molecule has 1 fully saturated rings. The van der Waals surface area contributed by atoms with E-state index in [0.717, 1.165) is 0 Å². The minimum Gasteiger partial charge on any atom is -0.391 e. The Morgan fingerprint density at radius 3 is 2.65 bits per heavy atom. The summed E-state index contributed by atoms with van der Waals surface area (Å²) in [5.41, 5.74) is 0. The van der Waals surface area contributed by atoms with Crippen molar-refractivity contribution in [3.8, 4) is 0 Å². The molecule has 0 spiro atoms. The molecule has 2 heterocycles. The molecule has 0 amide bonds. The monoisotopic (exact) mass is 295 g/mol. The zero-order chi connectivity index (χ0) is 12.5. The molecule has 0 aliphatic carbocycles. The van der Waals surface area contributed by atoms with Gasteiger partial charge in [-0.2, -0.15) is 4.31 Å². The highest BCUT2D eigenvalue weighted by Gasteiger charge is 2.30. The Morgan fingerprint density at radius 1 is 1.41 bits per heavy atom. The number of sulfonamides is 1. The van der Waals surface area contributed by atoms with Crippen molar-refractivity contribution in [3.63, 3.8) is 0 Å². The van der Waals surface area contributed by atoms with Gasteiger partial charge in [0.15, 0.2) is 0 Å². The molecule has 0 saturated carbocycles. The predicted octanol–water partition coefficient (Wildman–Crippen LogP) is -0.00660. The summed E-state index contributed by atoms with van der Waals surface area (Å²) >= 11 is 1.23. The van der Waals surface area contributed by atoms with Crippen LogP contribution in [-0.2, 0) is 27.4 Å². The van der Waals surface area contributed by atoms with E-state index >= 15 is 0 Å². The molecule has 17 heavy (non-hydrogen) atoms. The van der Waals surface area contributed by atoms with Gasteiger partial charge in [-0.15, -0.1) is 11.3 Å². The van der Waals surface area contributed by atoms with Crippen LogP contribution in [0.25, 0.3) is 0 Å². The molecule has 0 aromatic carbocycles. The van der Waals surface area contributed by atoms with Crippen molar-refractivity contribution in [2.45, 2.75) is 11.5 Å². The predicted molar refractivity (Wildman–Crippen MR) is 66.9 cm³/mol. The van der Waals surface area contributed by atoms with Gasteiger partial charge in [-0.1, -0.05) is 0 Å². The number of hydrogen-bond acceptors (Lipinski definition) is 5. The van der Waals surface area contributed by atoms with E-state index in [-0.39, 0.29) is 24.6 Å². The van der Waals surface area contributed by atoms with E-state index in [4.69, 9.17) is 5.11 Å². The van der Waals surface area contributed by atoms with Crippen molar-refractivity contribution in [2.75, 3.05) is 24.6 Å². The van der Waals surface area contributed by atoms with Crippen LogP contribution in [0.1, 0.15) is 4.88 Å². The maximum Gasteiger partial charge on any atom is 0.244 e. The van der Waals surface area contributed by atoms with Gasteiger partial charge >= 0.3 is 0 Å². The van der Waals surface area contributed by atoms with Crippen LogP contribution >= 0.6 is 11.3 Å². The Labute approximate surface area is 107 Å². The van der Waals surface area contributed by atoms with E-state index < -0.39 is 20.8 Å². The van der Waals surface area contributed by atoms with Crippen LogP contribution in [-0.4, -0.2) is 46.6 Å². The largest absolute Gasteiger partial charge is 0.391 e. The second-order valence-electron chi connectivity index (χ2n) is 3.62. The van der Waals surface area contributed by atoms with Crippen LogP contribution in [0.3, 0.4) is 0 Å². The Kier molecular flexibility index (Phi) is 3.99. The maximum absolute atomic E-state index is 12.3. The fraction of sp³-hybridized carbons (Fsp3) is 0.556. The van der Waals surface area contributed by atoms with Gasteiger partial charge in [0, 0.05) is 40.3 Å². The van der Waals surface area contributed by atoms with Gasteiger partial charge < -0.3 is 5.11 Å². The maximum atomic E-state index is 12.3. The lowest BCUT2D eigenvalue weighted by molar-refractivity contribution is 0.282. The number of aliphatic hydroxyl groups is 1. The fourth-order valence-electron chi connectivity index (χ4n) is 1.67. The van der Waals surface area contributed by atoms with Crippen molar-refractivity contribution in [1.29, 1.82) is 0 Å². The second-order valence-corrected chi connectivity index (χ2v) is 8.22. The van der Waals surface area contributed by atoms with Gasteiger partial charge in [-0.25, -0.2) is 8.42 Å². The lowest BCUT2D eigenvalue weighted by Gasteiger charge is -2.25. The van der Waals surface area contributed by atoms with Crippen molar-refractivity contribution < 1.29 is 17.7 Å². The molecule has 0 bridgehead atoms. The molecule has 0 radical (unpaired) electrons. The summed E-state index contributed by atoms with van der Waals surface area (Å²) in [6.45, 7) is 0.303. The molecular weight excluding hydrogens is 282 g/mol. The molecule has 1 aliphatic rings. The van der Waals surface area contributed by atoms with Gasteiger partial charge in [-0.05, 0) is 11.4 Å². The van der Waals surface area contributed by atoms with Crippen molar-refractivity contribution >= 4 is 32.2 Å². The molecule has 0 atom stereocenters. The van der Waals surface area contributed by atoms with E-state index in [1.165, 1.54) is 21.7 Å². The highest BCUT2D eigenvalue weighted by atomic mass is 32.2. The van der Waals surface area contributed by atoms with Crippen molar-refractivity contribution in [3.05, 3.63) is 16.3 Å². The molecule has 96 valence electrons. The molecular formula is C9H13NO4S3. The standard InChI is InChI=1S/C9H13NO4S3/c11-7-8-9(1-4-15-8)17(13,14)10-2-5-16(12)6-3-10/h1,4,11H,2-3,5-7H2. The van der Waals surface area contributed by atoms with E-state index in [2.05, 4.69) is 0 Å². The van der Waals surface area contributed by atoms with Crippen molar-refractivity contribution in [2.24, 2.45) is 0 Å². The number of rotatable bonds is 3. The average Bonchev–Trinajstić information content (AvgIpc) is 2.78. The molecule has 1 aromatic rings. The first-order valence-electron chi connectivity index (χ1n) is 5.08. The third-order valence-electron chi connectivity index (χ3n) is 2.60. The number of nitrogens with zero attached hydrogens (tertiary/aromatic N) is 1. The number of thiophene rings is 1. The zero-order valence-electron chi connectivity index (χ0n) is 9.03. The Balaban J connectivity index is 2.27. The molecule has 1 N–H and O–H groups in total. The first-order valence-corrected chi connectivity index (χ1v) is 8.89. The first-order chi connectivity index (χ1) is 8.05. The Bertz CT molecular complexity index is 512. The molecule has 5 nitrogen and oxygen atoms in total. The lowest BCUT2D eigenvalue weighted by atomic mass is 10.5. The molecule has 1 aromatic heterocycles. The minimum absolute atomic E-state index is 0.178. The third-order valence-corrected chi connectivity index (χ3v) is 6.90. The summed E-state index contributed by atoms with van der Waals surface area (Å²) in [4.78, 5) is 0.634. The SMILES string of the molecule is O=S1CCN(S(=O)(=O)c2ccsc2CO)CC1. The summed E-state index contributed by atoms with van der Waals surface area (Å²) in [7, 11) is -4.44. The van der Waals surface area contributed by atoms with Gasteiger partial charge in [0.1, 0.15) is 0 Å². The van der Waals surface area contributed by atoms with E-state index in [9.17, 15) is 12.6 Å². The Hall–Kier alpha value is -0.280. The fourth-order valence-corrected chi connectivity index (χ4v) is 5.67. The van der Waals surface area contributed by atoms with Crippen molar-refractivity contribution in [1.82, 2.24) is 4.31 Å². The smallest absolute Gasteiger partial charge is 0.244 e. The molecule has 0 unspecified atom stereocenters. The molecule has 8 heteroatoms. The van der Waals surface area contributed by atoms with E-state index in [0.29, 0.717) is 16.4 Å². The van der Waals surface area contributed by atoms with Gasteiger partial charge in [0.25, 0.3) is 0 Å². The van der Waals surface area contributed by atoms with Crippen LogP contribution in [0.4, 0.5) is 0 Å². The summed E-state index contributed by atoms with van der Waals surface area (Å²) in [6.07, 6.45) is 0. The third kappa shape index (κ3) is 2.60. The van der Waals surface area contributed by atoms with E-state index in [1.807, 2.05) is 0 Å². The average molecular weight is 295 g/mol. The van der Waals surface area contributed by atoms with Crippen LogP contribution < -0.4 is 0 Å². The quantitative estimate of drug-likeness (QED) is 0.851. The Morgan fingerprint density at radius 2 is 2.06 bits per heavy atom. The van der Waals surface area contributed by atoms with Crippen LogP contribution in [0.15, 0.2) is 16.3 Å². The summed E-state index contributed by atoms with van der Waals surface area (Å²) in [5.74, 6) is 0.773. The zero-order valence-corrected chi connectivity index (χ0v) is 11.5. The minimum atomic E-state index is -3.54. The van der Waals surface area contributed by atoms with E-state index in [1.54, 1.807) is 5.38 Å². The van der Waals surface area contributed by atoms with Crippen LogP contribution in [0.2, 0.25) is 0 Å². The topological polar surface area (TPSA) is 74.7 Å². The van der Waals surface area contributed by atoms with Gasteiger partial charge in [0.2, 0.25) is 10.0 Å². The summed E-state index contributed by atoms with van der Waals surface area (Å²) < 4.78 is 37.1. The van der Waals surface area contributed by atoms with Crippen LogP contribution in [0.5, 0.6) is 0 Å². The molecule has 2 rings (SSSR count). The molecule has 1 aliphatic heterocycles. The highest BCUT2D eigenvalue weighted by molar-refractivity contribution is 7.89. The molecule has 1 saturated heterocycles.